The first-order chi connectivity index (χ1) is 14.8. The first-order valence-corrected chi connectivity index (χ1v) is 11.7. The van der Waals surface area contributed by atoms with Crippen LogP contribution in [0, 0.1) is 5.41 Å². The molecule has 31 heavy (non-hydrogen) atoms. The molecule has 2 atom stereocenters. The predicted octanol–water partition coefficient (Wildman–Crippen LogP) is 4.16. The van der Waals surface area contributed by atoms with Gasteiger partial charge in [-0.25, -0.2) is 0 Å². The number of nitrogens with zero attached hydrogens (tertiary/aromatic N) is 2. The number of fused-ring (bicyclic) bond motifs is 2. The van der Waals surface area contributed by atoms with Crippen molar-refractivity contribution >= 4 is 17.5 Å². The van der Waals surface area contributed by atoms with E-state index in [0.29, 0.717) is 13.0 Å². The molecule has 0 saturated carbocycles. The number of aryl methyl sites for hydroxylation is 1. The van der Waals surface area contributed by atoms with E-state index >= 15 is 0 Å². The van der Waals surface area contributed by atoms with E-state index in [9.17, 15) is 14.4 Å². The van der Waals surface area contributed by atoms with Gasteiger partial charge in [0, 0.05) is 24.2 Å². The highest BCUT2D eigenvalue weighted by Gasteiger charge is 2.41. The third kappa shape index (κ3) is 5.70. The third-order valence-corrected chi connectivity index (χ3v) is 6.90. The maximum atomic E-state index is 13.3. The molecule has 0 aromatic heterocycles. The van der Waals surface area contributed by atoms with Crippen LogP contribution >= 0.6 is 0 Å². The van der Waals surface area contributed by atoms with Crippen LogP contribution in [0.25, 0.3) is 0 Å². The number of ketones is 2. The van der Waals surface area contributed by atoms with Crippen LogP contribution in [-0.4, -0.2) is 52.4 Å². The molecule has 2 heterocycles. The highest BCUT2D eigenvalue weighted by molar-refractivity contribution is 6.39. The van der Waals surface area contributed by atoms with Crippen molar-refractivity contribution in [2.75, 3.05) is 13.1 Å². The molecule has 2 aliphatic rings. The number of rotatable bonds is 10. The van der Waals surface area contributed by atoms with Gasteiger partial charge < -0.3 is 4.90 Å². The van der Waals surface area contributed by atoms with Crippen LogP contribution in [0.3, 0.4) is 0 Å². The fourth-order valence-electron chi connectivity index (χ4n) is 4.47. The first kappa shape index (κ1) is 23.4. The lowest BCUT2D eigenvalue weighted by Crippen LogP contribution is -2.54. The summed E-state index contributed by atoms with van der Waals surface area (Å²) in [6, 6.07) is 10.1. The van der Waals surface area contributed by atoms with Gasteiger partial charge in [-0.1, -0.05) is 57.2 Å². The molecule has 0 spiro atoms. The van der Waals surface area contributed by atoms with Gasteiger partial charge in [-0.3, -0.25) is 19.3 Å². The Kier molecular flexibility index (Phi) is 7.82. The number of piperidine rings is 1. The van der Waals surface area contributed by atoms with Gasteiger partial charge in [-0.05, 0) is 50.5 Å². The smallest absolute Gasteiger partial charge is 0.243 e. The van der Waals surface area contributed by atoms with Crippen LogP contribution in [0.1, 0.15) is 64.9 Å². The summed E-state index contributed by atoms with van der Waals surface area (Å²) in [5.74, 6) is -0.638. The Balaban J connectivity index is 1.60. The van der Waals surface area contributed by atoms with E-state index in [4.69, 9.17) is 0 Å². The number of unbranched alkanes of at least 4 members (excludes halogenated alkanes) is 1. The van der Waals surface area contributed by atoms with Gasteiger partial charge in [-0.15, -0.1) is 0 Å². The maximum Gasteiger partial charge on any atom is 0.243 e. The second kappa shape index (κ2) is 10.4. The van der Waals surface area contributed by atoms with Gasteiger partial charge >= 0.3 is 0 Å². The van der Waals surface area contributed by atoms with E-state index in [0.717, 1.165) is 38.5 Å². The topological polar surface area (TPSA) is 57.7 Å². The molecule has 168 valence electrons. The Morgan fingerprint density at radius 2 is 1.84 bits per heavy atom. The average molecular weight is 425 g/mol. The van der Waals surface area contributed by atoms with Gasteiger partial charge in [0.1, 0.15) is 0 Å². The van der Waals surface area contributed by atoms with Crippen molar-refractivity contribution in [3.8, 4) is 0 Å². The number of hydrogen-bond acceptors (Lipinski definition) is 4. The lowest BCUT2D eigenvalue weighted by atomic mass is 9.83. The summed E-state index contributed by atoms with van der Waals surface area (Å²) < 4.78 is 0. The molecule has 2 aliphatic heterocycles. The molecule has 1 amide bonds. The highest BCUT2D eigenvalue weighted by Crippen LogP contribution is 2.29. The number of carbonyl (C=O) groups excluding carboxylic acids is 3. The Labute approximate surface area is 186 Å². The molecule has 2 bridgehead atoms. The highest BCUT2D eigenvalue weighted by atomic mass is 16.2. The minimum absolute atomic E-state index is 0.0372. The summed E-state index contributed by atoms with van der Waals surface area (Å²) in [5.41, 5.74) is 0.670. The van der Waals surface area contributed by atoms with E-state index in [2.05, 4.69) is 30.3 Å². The molecular weight excluding hydrogens is 388 g/mol. The molecule has 1 aromatic rings. The van der Waals surface area contributed by atoms with Crippen molar-refractivity contribution in [2.24, 2.45) is 5.41 Å². The predicted molar refractivity (Wildman–Crippen MR) is 122 cm³/mol. The Morgan fingerprint density at radius 3 is 2.55 bits per heavy atom. The number of Topliss-reactive ketones (excluding diaryl/α,β-unsaturated/α-hetero) is 2. The second-order valence-corrected chi connectivity index (χ2v) is 9.49. The SMILES string of the molecule is CCC(C)(C)C(=O)C(=O)CN1C2C=CN(CCCCc3ccccc3)C(=O)C1CCC2. The monoisotopic (exact) mass is 424 g/mol. The molecular formula is C26H36N2O3. The van der Waals surface area contributed by atoms with Crippen molar-refractivity contribution in [2.45, 2.75) is 77.8 Å². The van der Waals surface area contributed by atoms with Crippen LogP contribution in [0.15, 0.2) is 42.6 Å². The maximum absolute atomic E-state index is 13.3. The summed E-state index contributed by atoms with van der Waals surface area (Å²) in [6.07, 6.45) is 10.2. The Bertz CT molecular complexity index is 815. The lowest BCUT2D eigenvalue weighted by molar-refractivity contribution is -0.145. The van der Waals surface area contributed by atoms with Crippen LogP contribution in [-0.2, 0) is 20.8 Å². The third-order valence-electron chi connectivity index (χ3n) is 6.90. The molecule has 5 nitrogen and oxygen atoms in total. The summed E-state index contributed by atoms with van der Waals surface area (Å²) in [6.45, 7) is 6.29. The van der Waals surface area contributed by atoms with Crippen molar-refractivity contribution in [3.05, 3.63) is 48.2 Å². The van der Waals surface area contributed by atoms with Gasteiger partial charge in [0.15, 0.2) is 0 Å². The Hall–Kier alpha value is -2.27. The zero-order valence-electron chi connectivity index (χ0n) is 19.2. The number of hydrogen-bond donors (Lipinski definition) is 0. The van der Waals surface area contributed by atoms with Crippen molar-refractivity contribution < 1.29 is 14.4 Å². The minimum atomic E-state index is -0.650. The number of amides is 1. The molecule has 5 heteroatoms. The fourth-order valence-corrected chi connectivity index (χ4v) is 4.47. The molecule has 1 saturated heterocycles. The van der Waals surface area contributed by atoms with Crippen LogP contribution in [0.2, 0.25) is 0 Å². The number of benzene rings is 1. The standard InChI is InChI=1S/C26H36N2O3/c1-4-26(2,3)24(30)23(29)19-28-21-14-10-15-22(28)25(31)27(18-16-21)17-9-8-13-20-11-6-5-7-12-20/h5-7,11-12,16,18,21-22H,4,8-10,13-15,17,19H2,1-3H3. The van der Waals surface area contributed by atoms with E-state index in [1.807, 2.05) is 42.8 Å². The normalized spacial score (nSPS) is 21.8. The minimum Gasteiger partial charge on any atom is -0.318 e. The molecule has 1 fully saturated rings. The van der Waals surface area contributed by atoms with E-state index in [1.54, 1.807) is 0 Å². The Morgan fingerprint density at radius 1 is 1.10 bits per heavy atom. The van der Waals surface area contributed by atoms with Gasteiger partial charge in [0.25, 0.3) is 0 Å². The van der Waals surface area contributed by atoms with Crippen molar-refractivity contribution in [1.29, 1.82) is 0 Å². The van der Waals surface area contributed by atoms with Gasteiger partial charge in [0.05, 0.1) is 12.6 Å². The second-order valence-electron chi connectivity index (χ2n) is 9.49. The van der Waals surface area contributed by atoms with E-state index in [1.165, 1.54) is 5.56 Å². The summed E-state index contributed by atoms with van der Waals surface area (Å²) in [7, 11) is 0. The molecule has 0 N–H and O–H groups in total. The molecule has 0 radical (unpaired) electrons. The van der Waals surface area contributed by atoms with Crippen LogP contribution in [0.4, 0.5) is 0 Å². The van der Waals surface area contributed by atoms with Crippen LogP contribution < -0.4 is 0 Å². The summed E-state index contributed by atoms with van der Waals surface area (Å²) >= 11 is 0. The summed E-state index contributed by atoms with van der Waals surface area (Å²) in [5, 5.41) is 0. The van der Waals surface area contributed by atoms with Gasteiger partial charge in [0.2, 0.25) is 17.5 Å². The summed E-state index contributed by atoms with van der Waals surface area (Å²) in [4.78, 5) is 42.4. The quantitative estimate of drug-likeness (QED) is 0.418. The average Bonchev–Trinajstić information content (AvgIpc) is 2.84. The zero-order chi connectivity index (χ0) is 22.4. The van der Waals surface area contributed by atoms with Crippen molar-refractivity contribution in [1.82, 2.24) is 9.80 Å². The fraction of sp³-hybridized carbons (Fsp3) is 0.577. The van der Waals surface area contributed by atoms with E-state index < -0.39 is 5.41 Å². The zero-order valence-corrected chi connectivity index (χ0v) is 19.2. The lowest BCUT2D eigenvalue weighted by Gasteiger charge is -2.39. The molecule has 1 aromatic carbocycles. The molecule has 2 unspecified atom stereocenters. The molecule has 0 aliphatic carbocycles. The van der Waals surface area contributed by atoms with Crippen molar-refractivity contribution in [3.63, 3.8) is 0 Å². The largest absolute Gasteiger partial charge is 0.318 e. The van der Waals surface area contributed by atoms with Crippen LogP contribution in [0.5, 0.6) is 0 Å². The van der Waals surface area contributed by atoms with E-state index in [-0.39, 0.29) is 36.1 Å². The number of carbonyl (C=O) groups is 3. The first-order valence-electron chi connectivity index (χ1n) is 11.7. The molecule has 3 rings (SSSR count). The van der Waals surface area contributed by atoms with Gasteiger partial charge in [-0.2, -0.15) is 0 Å².